The number of benzene rings is 1. The second-order valence-corrected chi connectivity index (χ2v) is 6.06. The lowest BCUT2D eigenvalue weighted by Gasteiger charge is -2.39. The molecule has 144 valence electrons. The van der Waals surface area contributed by atoms with E-state index in [1.54, 1.807) is 0 Å². The van der Waals surface area contributed by atoms with Gasteiger partial charge in [0, 0.05) is 13.2 Å². The molecule has 0 saturated carbocycles. The van der Waals surface area contributed by atoms with Crippen LogP contribution in [0.4, 0.5) is 18.9 Å². The molecule has 0 unspecified atom stereocenters. The monoisotopic (exact) mass is 382 g/mol. The molecule has 1 N–H and O–H groups in total. The average Bonchev–Trinajstić information content (AvgIpc) is 2.58. The predicted molar refractivity (Wildman–Crippen MR) is 90.4 cm³/mol. The Labute approximate surface area is 152 Å². The largest absolute Gasteiger partial charge is 0.486 e. The third kappa shape index (κ3) is 4.21. The first-order valence-electron chi connectivity index (χ1n) is 8.12. The first kappa shape index (κ1) is 18.7. The number of anilines is 1. The molecule has 27 heavy (non-hydrogen) atoms. The van der Waals surface area contributed by atoms with Crippen molar-refractivity contribution in [3.63, 3.8) is 0 Å². The van der Waals surface area contributed by atoms with E-state index in [4.69, 9.17) is 4.74 Å². The molecule has 1 aliphatic heterocycles. The number of carbonyl (C=O) groups is 1. The van der Waals surface area contributed by atoms with Crippen LogP contribution in [0.15, 0.2) is 41.3 Å². The third-order valence-corrected chi connectivity index (χ3v) is 4.12. The molecule has 2 aromatic rings. The van der Waals surface area contributed by atoms with E-state index >= 15 is 0 Å². The van der Waals surface area contributed by atoms with Crippen LogP contribution in [0.3, 0.4) is 0 Å². The zero-order chi connectivity index (χ0) is 19.6. The Morgan fingerprint density at radius 3 is 2.70 bits per heavy atom. The van der Waals surface area contributed by atoms with Gasteiger partial charge in [0.1, 0.15) is 17.5 Å². The van der Waals surface area contributed by atoms with Crippen LogP contribution in [0, 0.1) is 0 Å². The van der Waals surface area contributed by atoms with Crippen molar-refractivity contribution in [3.8, 4) is 5.75 Å². The number of hydrogen-bond acceptors (Lipinski definition) is 5. The van der Waals surface area contributed by atoms with Gasteiger partial charge >= 0.3 is 6.18 Å². The number of rotatable bonds is 5. The summed E-state index contributed by atoms with van der Waals surface area (Å²) >= 11 is 0. The van der Waals surface area contributed by atoms with E-state index in [0.717, 1.165) is 10.7 Å². The summed E-state index contributed by atoms with van der Waals surface area (Å²) in [6.07, 6.45) is -3.58. The topological polar surface area (TPSA) is 76.5 Å². The van der Waals surface area contributed by atoms with E-state index in [2.05, 4.69) is 10.4 Å². The number of ether oxygens (including phenoxy) is 1. The van der Waals surface area contributed by atoms with Crippen LogP contribution >= 0.6 is 0 Å². The van der Waals surface area contributed by atoms with Crippen LogP contribution < -0.4 is 15.6 Å². The van der Waals surface area contributed by atoms with Crippen molar-refractivity contribution in [3.05, 3.63) is 52.4 Å². The maximum atomic E-state index is 13.0. The molecule has 0 bridgehead atoms. The van der Waals surface area contributed by atoms with Crippen molar-refractivity contribution in [2.24, 2.45) is 7.05 Å². The van der Waals surface area contributed by atoms with Gasteiger partial charge in [-0.2, -0.15) is 18.3 Å². The van der Waals surface area contributed by atoms with Crippen LogP contribution in [0.1, 0.15) is 5.56 Å². The van der Waals surface area contributed by atoms with Gasteiger partial charge in [0.25, 0.3) is 5.56 Å². The Kier molecular flexibility index (Phi) is 5.06. The van der Waals surface area contributed by atoms with Gasteiger partial charge in [0.2, 0.25) is 5.91 Å². The first-order chi connectivity index (χ1) is 12.8. The number of alkyl halides is 3. The number of hydrogen-bond donors (Lipinski definition) is 1. The van der Waals surface area contributed by atoms with E-state index in [-0.39, 0.29) is 42.5 Å². The summed E-state index contributed by atoms with van der Waals surface area (Å²) < 4.78 is 45.4. The highest BCUT2D eigenvalue weighted by molar-refractivity contribution is 5.81. The number of carbonyl (C=O) groups excluding carboxylic acids is 1. The maximum absolute atomic E-state index is 13.0. The number of aromatic nitrogens is 2. The molecule has 10 heteroatoms. The smallest absolute Gasteiger partial charge is 0.419 e. The summed E-state index contributed by atoms with van der Waals surface area (Å²) in [7, 11) is 1.49. The van der Waals surface area contributed by atoms with Crippen molar-refractivity contribution >= 4 is 11.6 Å². The molecule has 7 nitrogen and oxygen atoms in total. The van der Waals surface area contributed by atoms with Crippen molar-refractivity contribution in [1.82, 2.24) is 14.7 Å². The number of nitrogens with zero attached hydrogens (tertiary/aromatic N) is 3. The van der Waals surface area contributed by atoms with E-state index in [0.29, 0.717) is 0 Å². The lowest BCUT2D eigenvalue weighted by molar-refractivity contribution is -0.143. The van der Waals surface area contributed by atoms with Gasteiger partial charge < -0.3 is 15.0 Å². The van der Waals surface area contributed by atoms with E-state index in [9.17, 15) is 22.8 Å². The Balaban J connectivity index is 1.52. The first-order valence-corrected chi connectivity index (χ1v) is 8.12. The molecule has 1 aliphatic rings. The third-order valence-electron chi connectivity index (χ3n) is 4.12. The molecule has 1 aromatic heterocycles. The van der Waals surface area contributed by atoms with Gasteiger partial charge in [-0.1, -0.05) is 12.1 Å². The molecule has 2 heterocycles. The fraction of sp³-hybridized carbons (Fsp3) is 0.353. The van der Waals surface area contributed by atoms with Crippen molar-refractivity contribution in [2.75, 3.05) is 25.0 Å². The summed E-state index contributed by atoms with van der Waals surface area (Å²) in [4.78, 5) is 25.4. The molecule has 1 aromatic carbocycles. The number of likely N-dealkylation sites (tertiary alicyclic amines) is 1. The van der Waals surface area contributed by atoms with Crippen LogP contribution in [-0.4, -0.2) is 46.3 Å². The van der Waals surface area contributed by atoms with Gasteiger partial charge in [0.15, 0.2) is 0 Å². The van der Waals surface area contributed by atoms with Crippen molar-refractivity contribution < 1.29 is 22.7 Å². The van der Waals surface area contributed by atoms with Gasteiger partial charge in [-0.3, -0.25) is 9.59 Å². The number of halogens is 3. The lowest BCUT2D eigenvalue weighted by Crippen LogP contribution is -2.57. The Morgan fingerprint density at radius 1 is 1.30 bits per heavy atom. The minimum Gasteiger partial charge on any atom is -0.486 e. The second kappa shape index (κ2) is 7.29. The molecule has 0 atom stereocenters. The normalized spacial score (nSPS) is 14.6. The fourth-order valence-electron chi connectivity index (χ4n) is 2.62. The molecular formula is C17H17F3N4O3. The summed E-state index contributed by atoms with van der Waals surface area (Å²) in [6.45, 7) is 0.257. The molecule has 1 fully saturated rings. The van der Waals surface area contributed by atoms with Crippen LogP contribution in [-0.2, 0) is 18.0 Å². The number of nitrogens with one attached hydrogen (secondary N) is 1. The van der Waals surface area contributed by atoms with E-state index in [1.807, 2.05) is 0 Å². The molecule has 0 aliphatic carbocycles. The van der Waals surface area contributed by atoms with Crippen LogP contribution in [0.25, 0.3) is 0 Å². The minimum absolute atomic E-state index is 0.106. The van der Waals surface area contributed by atoms with Gasteiger partial charge in [-0.25, -0.2) is 4.68 Å². The summed E-state index contributed by atoms with van der Waals surface area (Å²) in [5.41, 5.74) is -0.961. The minimum atomic E-state index is -4.50. The maximum Gasteiger partial charge on any atom is 0.419 e. The number of amides is 1. The highest BCUT2D eigenvalue weighted by atomic mass is 19.4. The molecule has 3 rings (SSSR count). The van der Waals surface area contributed by atoms with Crippen molar-refractivity contribution in [1.29, 1.82) is 0 Å². The fourth-order valence-corrected chi connectivity index (χ4v) is 2.62. The summed E-state index contributed by atoms with van der Waals surface area (Å²) in [5.74, 6) is -0.529. The Bertz CT molecular complexity index is 891. The molecule has 0 spiro atoms. The molecular weight excluding hydrogens is 365 g/mol. The quantitative estimate of drug-likeness (QED) is 0.848. The van der Waals surface area contributed by atoms with Gasteiger partial charge in [-0.15, -0.1) is 0 Å². The molecule has 1 saturated heterocycles. The van der Waals surface area contributed by atoms with Crippen LogP contribution in [0.5, 0.6) is 5.75 Å². The molecule has 0 radical (unpaired) electrons. The summed E-state index contributed by atoms with van der Waals surface area (Å²) in [5, 5.41) is 6.52. The Hall–Kier alpha value is -3.04. The van der Waals surface area contributed by atoms with Crippen LogP contribution in [0.2, 0.25) is 0 Å². The number of aryl methyl sites for hydroxylation is 1. The van der Waals surface area contributed by atoms with E-state index < -0.39 is 17.8 Å². The predicted octanol–water partition coefficient (Wildman–Crippen LogP) is 1.50. The van der Waals surface area contributed by atoms with E-state index in [1.165, 1.54) is 42.4 Å². The lowest BCUT2D eigenvalue weighted by atomic mass is 10.1. The molecule has 1 amide bonds. The number of para-hydroxylation sites is 1. The van der Waals surface area contributed by atoms with Gasteiger partial charge in [0.05, 0.1) is 25.2 Å². The average molecular weight is 382 g/mol. The zero-order valence-corrected chi connectivity index (χ0v) is 14.4. The highest BCUT2D eigenvalue weighted by Gasteiger charge is 2.37. The van der Waals surface area contributed by atoms with Crippen molar-refractivity contribution in [2.45, 2.75) is 12.3 Å². The Morgan fingerprint density at radius 2 is 2.00 bits per heavy atom. The van der Waals surface area contributed by atoms with Gasteiger partial charge in [-0.05, 0) is 18.2 Å². The highest BCUT2D eigenvalue weighted by Crippen LogP contribution is 2.36. The SMILES string of the molecule is Cn1nccc(NCC(=O)N2CC(Oc3ccccc3C(F)(F)F)C2)c1=O. The summed E-state index contributed by atoms with van der Waals surface area (Å²) in [6, 6.07) is 6.43. The second-order valence-electron chi connectivity index (χ2n) is 6.06. The zero-order valence-electron chi connectivity index (χ0n) is 14.4. The standard InChI is InChI=1S/C17H17F3N4O3/c1-23-16(26)13(6-7-22-23)21-8-15(25)24-9-11(10-24)27-14-5-3-2-4-12(14)17(18,19)20/h2-7,11,21H,8-10H2,1H3.